The third kappa shape index (κ3) is 4.75. The molecule has 0 fully saturated rings. The molecule has 0 atom stereocenters. The molecule has 2 amide bonds. The molecule has 2 N–H and O–H groups in total. The Morgan fingerprint density at radius 2 is 1.74 bits per heavy atom. The molecule has 0 bridgehead atoms. The van der Waals surface area contributed by atoms with Crippen LogP contribution in [0.3, 0.4) is 0 Å². The molecule has 138 valence electrons. The number of aromatic nitrogens is 2. The van der Waals surface area contributed by atoms with Gasteiger partial charge in [0.15, 0.2) is 23.0 Å². The van der Waals surface area contributed by atoms with Crippen molar-refractivity contribution in [2.75, 3.05) is 13.1 Å². The monoisotopic (exact) mass is 368 g/mol. The second-order valence-electron chi connectivity index (χ2n) is 5.64. The topological polar surface area (TPSA) is 97.1 Å². The second kappa shape index (κ2) is 8.70. The van der Waals surface area contributed by atoms with Crippen LogP contribution in [0, 0.1) is 5.82 Å². The summed E-state index contributed by atoms with van der Waals surface area (Å²) in [6.45, 7) is 0.584. The molecule has 3 aromatic rings. The summed E-state index contributed by atoms with van der Waals surface area (Å²) in [5, 5.41) is 9.00. The molecule has 0 aliphatic carbocycles. The molecule has 2 aromatic heterocycles. The van der Waals surface area contributed by atoms with Crippen LogP contribution in [0.15, 0.2) is 59.3 Å². The third-order valence-corrected chi connectivity index (χ3v) is 3.70. The van der Waals surface area contributed by atoms with Gasteiger partial charge in [0.05, 0.1) is 0 Å². The van der Waals surface area contributed by atoms with Crippen molar-refractivity contribution >= 4 is 11.8 Å². The minimum absolute atomic E-state index is 0.174. The number of benzene rings is 1. The van der Waals surface area contributed by atoms with Crippen molar-refractivity contribution in [1.29, 1.82) is 0 Å². The standard InChI is InChI=1S/C19H17FN4O3/c20-14-8-4-9-21-17(14)19(26)23-11-5-10-22-18(25)15-12-16(27-24-15)13-6-2-1-3-7-13/h1-4,6-9,12H,5,10-11H2,(H,22,25)(H,23,26). The quantitative estimate of drug-likeness (QED) is 0.624. The zero-order valence-corrected chi connectivity index (χ0v) is 14.3. The Kier molecular flexibility index (Phi) is 5.88. The van der Waals surface area contributed by atoms with Crippen molar-refractivity contribution in [3.63, 3.8) is 0 Å². The number of carbonyl (C=O) groups excluding carboxylic acids is 2. The Bertz CT molecular complexity index is 927. The number of nitrogens with one attached hydrogen (secondary N) is 2. The Labute approximate surface area is 154 Å². The van der Waals surface area contributed by atoms with Gasteiger partial charge in [-0.25, -0.2) is 9.37 Å². The first-order valence-corrected chi connectivity index (χ1v) is 8.34. The van der Waals surface area contributed by atoms with E-state index < -0.39 is 11.7 Å². The van der Waals surface area contributed by atoms with Gasteiger partial charge < -0.3 is 15.2 Å². The zero-order valence-electron chi connectivity index (χ0n) is 14.3. The van der Waals surface area contributed by atoms with Crippen molar-refractivity contribution in [3.8, 4) is 11.3 Å². The smallest absolute Gasteiger partial charge is 0.273 e. The summed E-state index contributed by atoms with van der Waals surface area (Å²) in [5.41, 5.74) is 0.750. The van der Waals surface area contributed by atoms with Crippen molar-refractivity contribution in [3.05, 3.63) is 71.9 Å². The maximum Gasteiger partial charge on any atom is 0.273 e. The molecule has 0 saturated heterocycles. The highest BCUT2D eigenvalue weighted by Gasteiger charge is 2.14. The van der Waals surface area contributed by atoms with Crippen molar-refractivity contribution in [2.24, 2.45) is 0 Å². The van der Waals surface area contributed by atoms with Crippen LogP contribution in [0.4, 0.5) is 4.39 Å². The summed E-state index contributed by atoms with van der Waals surface area (Å²) in [6.07, 6.45) is 1.81. The van der Waals surface area contributed by atoms with Gasteiger partial charge in [0.25, 0.3) is 11.8 Å². The van der Waals surface area contributed by atoms with E-state index >= 15 is 0 Å². The largest absolute Gasteiger partial charge is 0.355 e. The molecule has 0 spiro atoms. The van der Waals surface area contributed by atoms with Crippen LogP contribution in [-0.4, -0.2) is 35.0 Å². The van der Waals surface area contributed by atoms with E-state index in [4.69, 9.17) is 4.52 Å². The fraction of sp³-hybridized carbons (Fsp3) is 0.158. The van der Waals surface area contributed by atoms with Gasteiger partial charge >= 0.3 is 0 Å². The molecule has 27 heavy (non-hydrogen) atoms. The van der Waals surface area contributed by atoms with Gasteiger partial charge in [-0.1, -0.05) is 35.5 Å². The van der Waals surface area contributed by atoms with Crippen LogP contribution in [0.25, 0.3) is 11.3 Å². The lowest BCUT2D eigenvalue weighted by Crippen LogP contribution is -2.30. The Morgan fingerprint density at radius 3 is 2.48 bits per heavy atom. The molecule has 0 unspecified atom stereocenters. The van der Waals surface area contributed by atoms with Gasteiger partial charge in [-0.3, -0.25) is 9.59 Å². The van der Waals surface area contributed by atoms with E-state index in [2.05, 4.69) is 20.8 Å². The molecule has 3 rings (SSSR count). The first-order chi connectivity index (χ1) is 13.1. The highest BCUT2D eigenvalue weighted by atomic mass is 19.1. The fourth-order valence-electron chi connectivity index (χ4n) is 2.34. The number of nitrogens with zero attached hydrogens (tertiary/aromatic N) is 2. The molecule has 0 aliphatic heterocycles. The van der Waals surface area contributed by atoms with Crippen LogP contribution < -0.4 is 10.6 Å². The molecule has 7 nitrogen and oxygen atoms in total. The first-order valence-electron chi connectivity index (χ1n) is 8.34. The van der Waals surface area contributed by atoms with Crippen LogP contribution in [-0.2, 0) is 0 Å². The zero-order chi connectivity index (χ0) is 19.1. The highest BCUT2D eigenvalue weighted by Crippen LogP contribution is 2.19. The van der Waals surface area contributed by atoms with Gasteiger partial charge in [-0.15, -0.1) is 0 Å². The van der Waals surface area contributed by atoms with Gasteiger partial charge in [0.1, 0.15) is 0 Å². The van der Waals surface area contributed by atoms with E-state index in [1.165, 1.54) is 18.3 Å². The number of amides is 2. The molecule has 0 aliphatic rings. The summed E-state index contributed by atoms with van der Waals surface area (Å²) in [7, 11) is 0. The number of pyridine rings is 1. The summed E-state index contributed by atoms with van der Waals surface area (Å²) in [6, 6.07) is 13.5. The van der Waals surface area contributed by atoms with Crippen molar-refractivity contribution < 1.29 is 18.5 Å². The van der Waals surface area contributed by atoms with Crippen LogP contribution in [0.5, 0.6) is 0 Å². The maximum atomic E-state index is 13.4. The normalized spacial score (nSPS) is 10.4. The highest BCUT2D eigenvalue weighted by molar-refractivity contribution is 5.93. The van der Waals surface area contributed by atoms with E-state index in [-0.39, 0.29) is 23.8 Å². The van der Waals surface area contributed by atoms with Gasteiger partial charge in [-0.2, -0.15) is 0 Å². The molecule has 8 heteroatoms. The lowest BCUT2D eigenvalue weighted by atomic mass is 10.1. The number of carbonyl (C=O) groups is 2. The number of halogens is 1. The number of hydrogen-bond acceptors (Lipinski definition) is 5. The Balaban J connectivity index is 1.42. The average Bonchev–Trinajstić information content (AvgIpc) is 3.19. The van der Waals surface area contributed by atoms with Crippen LogP contribution >= 0.6 is 0 Å². The second-order valence-corrected chi connectivity index (χ2v) is 5.64. The average molecular weight is 368 g/mol. The molecule has 0 saturated carbocycles. The van der Waals surface area contributed by atoms with E-state index in [0.717, 1.165) is 5.56 Å². The lowest BCUT2D eigenvalue weighted by Gasteiger charge is -2.06. The van der Waals surface area contributed by atoms with Gasteiger partial charge in [0, 0.05) is 30.9 Å². The molecule has 0 radical (unpaired) electrons. The van der Waals surface area contributed by atoms with Gasteiger partial charge in [-0.05, 0) is 18.6 Å². The van der Waals surface area contributed by atoms with Gasteiger partial charge in [0.2, 0.25) is 0 Å². The first kappa shape index (κ1) is 18.2. The summed E-state index contributed by atoms with van der Waals surface area (Å²) in [5.74, 6) is -1.14. The minimum Gasteiger partial charge on any atom is -0.355 e. The van der Waals surface area contributed by atoms with Crippen molar-refractivity contribution in [2.45, 2.75) is 6.42 Å². The van der Waals surface area contributed by atoms with E-state index in [9.17, 15) is 14.0 Å². The van der Waals surface area contributed by atoms with Crippen LogP contribution in [0.1, 0.15) is 27.4 Å². The van der Waals surface area contributed by atoms with E-state index in [0.29, 0.717) is 18.7 Å². The minimum atomic E-state index is -0.677. The Hall–Kier alpha value is -3.55. The lowest BCUT2D eigenvalue weighted by molar-refractivity contribution is 0.0942. The molecule has 2 heterocycles. The van der Waals surface area contributed by atoms with Crippen LogP contribution in [0.2, 0.25) is 0 Å². The SMILES string of the molecule is O=C(NCCCNC(=O)c1ncccc1F)c1cc(-c2ccccc2)on1. The fourth-order valence-corrected chi connectivity index (χ4v) is 2.34. The molecule has 1 aromatic carbocycles. The summed E-state index contributed by atoms with van der Waals surface area (Å²) >= 11 is 0. The number of rotatable bonds is 7. The van der Waals surface area contributed by atoms with E-state index in [1.54, 1.807) is 6.07 Å². The third-order valence-electron chi connectivity index (χ3n) is 3.70. The molecular weight excluding hydrogens is 351 g/mol. The predicted octanol–water partition coefficient (Wildman–Crippen LogP) is 2.43. The Morgan fingerprint density at radius 1 is 1.00 bits per heavy atom. The maximum absolute atomic E-state index is 13.4. The summed E-state index contributed by atoms with van der Waals surface area (Å²) in [4.78, 5) is 27.6. The van der Waals surface area contributed by atoms with E-state index in [1.807, 2.05) is 30.3 Å². The summed E-state index contributed by atoms with van der Waals surface area (Å²) < 4.78 is 18.6. The van der Waals surface area contributed by atoms with Crippen molar-refractivity contribution in [1.82, 2.24) is 20.8 Å². The number of hydrogen-bond donors (Lipinski definition) is 2. The molecular formula is C19H17FN4O3. The predicted molar refractivity (Wildman–Crippen MR) is 95.4 cm³/mol.